The highest BCUT2D eigenvalue weighted by Crippen LogP contribution is 2.26. The largest absolute Gasteiger partial charge is 0.340 e. The van der Waals surface area contributed by atoms with Crippen molar-refractivity contribution < 1.29 is 0 Å². The number of hydrogen-bond donors (Lipinski definition) is 1. The van der Waals surface area contributed by atoms with E-state index in [1.165, 1.54) is 27.1 Å². The lowest BCUT2D eigenvalue weighted by Gasteiger charge is -2.09. The maximum Gasteiger partial charge on any atom is 0.130 e. The van der Waals surface area contributed by atoms with E-state index in [9.17, 15) is 0 Å². The second-order valence-electron chi connectivity index (χ2n) is 6.19. The molecule has 0 unspecified atom stereocenters. The zero-order valence-corrected chi connectivity index (χ0v) is 13.8. The zero-order valence-electron chi connectivity index (χ0n) is 13.8. The third-order valence-electron chi connectivity index (χ3n) is 4.34. The third kappa shape index (κ3) is 2.95. The summed E-state index contributed by atoms with van der Waals surface area (Å²) in [5.41, 5.74) is 2.39. The van der Waals surface area contributed by atoms with Crippen LogP contribution in [-0.4, -0.2) is 4.98 Å². The summed E-state index contributed by atoms with van der Waals surface area (Å²) in [4.78, 5) is 4.44. The minimum atomic E-state index is 0.904. The maximum absolute atomic E-state index is 4.44. The Labute approximate surface area is 142 Å². The van der Waals surface area contributed by atoms with E-state index in [0.717, 1.165) is 24.3 Å². The molecule has 2 heteroatoms. The number of hydrogen-bond acceptors (Lipinski definition) is 2. The topological polar surface area (TPSA) is 24.9 Å². The molecule has 118 valence electrons. The Hall–Kier alpha value is -2.87. The molecule has 0 amide bonds. The predicted molar refractivity (Wildman–Crippen MR) is 103 cm³/mol. The highest BCUT2D eigenvalue weighted by molar-refractivity contribution is 5.99. The van der Waals surface area contributed by atoms with E-state index in [4.69, 9.17) is 0 Å². The standard InChI is InChI=1S/C22H20N2/c1-2-5-16-10-11-23-22(12-16)24-21-9-8-19-13-17-6-3-4-7-18(17)14-20(19)15-21/h3-4,6-15H,2,5H2,1H3,(H,23,24). The molecule has 0 saturated heterocycles. The van der Waals surface area contributed by atoms with Gasteiger partial charge >= 0.3 is 0 Å². The molecule has 0 atom stereocenters. The molecule has 0 aliphatic carbocycles. The number of benzene rings is 3. The van der Waals surface area contributed by atoms with Crippen molar-refractivity contribution in [2.75, 3.05) is 5.32 Å². The van der Waals surface area contributed by atoms with E-state index >= 15 is 0 Å². The van der Waals surface area contributed by atoms with Crippen molar-refractivity contribution in [1.82, 2.24) is 4.98 Å². The van der Waals surface area contributed by atoms with Gasteiger partial charge in [0.2, 0.25) is 0 Å². The van der Waals surface area contributed by atoms with Crippen LogP contribution in [0.25, 0.3) is 21.5 Å². The van der Waals surface area contributed by atoms with E-state index in [-0.39, 0.29) is 0 Å². The van der Waals surface area contributed by atoms with Crippen LogP contribution >= 0.6 is 0 Å². The van der Waals surface area contributed by atoms with Crippen molar-refractivity contribution in [3.8, 4) is 0 Å². The quantitative estimate of drug-likeness (QED) is 0.462. The van der Waals surface area contributed by atoms with Gasteiger partial charge in [-0.05, 0) is 69.9 Å². The highest BCUT2D eigenvalue weighted by Gasteiger charge is 2.02. The van der Waals surface area contributed by atoms with E-state index in [2.05, 4.69) is 84.0 Å². The zero-order chi connectivity index (χ0) is 16.4. The Kier molecular flexibility index (Phi) is 3.87. The molecule has 0 radical (unpaired) electrons. The Morgan fingerprint density at radius 3 is 2.33 bits per heavy atom. The van der Waals surface area contributed by atoms with E-state index < -0.39 is 0 Å². The van der Waals surface area contributed by atoms with Crippen molar-refractivity contribution in [2.24, 2.45) is 0 Å². The average molecular weight is 312 g/mol. The van der Waals surface area contributed by atoms with Crippen molar-refractivity contribution in [1.29, 1.82) is 0 Å². The molecule has 2 nitrogen and oxygen atoms in total. The lowest BCUT2D eigenvalue weighted by atomic mass is 10.0. The first kappa shape index (κ1) is 14.7. The van der Waals surface area contributed by atoms with Gasteiger partial charge in [-0.3, -0.25) is 0 Å². The van der Waals surface area contributed by atoms with Crippen molar-refractivity contribution in [3.63, 3.8) is 0 Å². The molecule has 4 aromatic rings. The van der Waals surface area contributed by atoms with Crippen molar-refractivity contribution in [3.05, 3.63) is 78.5 Å². The predicted octanol–water partition coefficient (Wildman–Crippen LogP) is 6.08. The average Bonchev–Trinajstić information content (AvgIpc) is 2.60. The van der Waals surface area contributed by atoms with Gasteiger partial charge in [0.1, 0.15) is 5.82 Å². The second kappa shape index (κ2) is 6.32. The van der Waals surface area contributed by atoms with Crippen LogP contribution in [0.4, 0.5) is 11.5 Å². The Balaban J connectivity index is 1.69. The van der Waals surface area contributed by atoms with Gasteiger partial charge in [-0.25, -0.2) is 4.98 Å². The van der Waals surface area contributed by atoms with Crippen LogP contribution in [0, 0.1) is 0 Å². The van der Waals surface area contributed by atoms with Crippen molar-refractivity contribution >= 4 is 33.1 Å². The Bertz CT molecular complexity index is 1000. The molecule has 4 rings (SSSR count). The van der Waals surface area contributed by atoms with E-state index in [1.807, 2.05) is 6.20 Å². The number of pyridine rings is 1. The Morgan fingerprint density at radius 1 is 0.792 bits per heavy atom. The fourth-order valence-electron chi connectivity index (χ4n) is 3.15. The number of nitrogens with one attached hydrogen (secondary N) is 1. The number of fused-ring (bicyclic) bond motifs is 2. The minimum absolute atomic E-state index is 0.904. The van der Waals surface area contributed by atoms with Gasteiger partial charge in [-0.1, -0.05) is 43.7 Å². The molecule has 0 aliphatic heterocycles. The first-order valence-electron chi connectivity index (χ1n) is 8.46. The fourth-order valence-corrected chi connectivity index (χ4v) is 3.15. The van der Waals surface area contributed by atoms with Crippen LogP contribution in [0.5, 0.6) is 0 Å². The first-order chi connectivity index (χ1) is 11.8. The van der Waals surface area contributed by atoms with Crippen LogP contribution in [0.3, 0.4) is 0 Å². The second-order valence-corrected chi connectivity index (χ2v) is 6.19. The first-order valence-corrected chi connectivity index (χ1v) is 8.46. The summed E-state index contributed by atoms with van der Waals surface area (Å²) in [6.45, 7) is 2.20. The summed E-state index contributed by atoms with van der Waals surface area (Å²) in [7, 11) is 0. The fraction of sp³-hybridized carbons (Fsp3) is 0.136. The number of anilines is 2. The normalized spacial score (nSPS) is 11.0. The number of aryl methyl sites for hydroxylation is 1. The van der Waals surface area contributed by atoms with Crippen LogP contribution < -0.4 is 5.32 Å². The summed E-state index contributed by atoms with van der Waals surface area (Å²) in [6.07, 6.45) is 4.11. The minimum Gasteiger partial charge on any atom is -0.340 e. The van der Waals surface area contributed by atoms with Gasteiger partial charge in [-0.15, -0.1) is 0 Å². The smallest absolute Gasteiger partial charge is 0.130 e. The summed E-state index contributed by atoms with van der Waals surface area (Å²) < 4.78 is 0. The molecule has 3 aromatic carbocycles. The van der Waals surface area contributed by atoms with Gasteiger partial charge in [0.15, 0.2) is 0 Å². The molecule has 0 fully saturated rings. The monoisotopic (exact) mass is 312 g/mol. The number of aromatic nitrogens is 1. The molecule has 0 spiro atoms. The third-order valence-corrected chi connectivity index (χ3v) is 4.34. The summed E-state index contributed by atoms with van der Waals surface area (Å²) in [5.74, 6) is 0.904. The number of rotatable bonds is 4. The lowest BCUT2D eigenvalue weighted by molar-refractivity contribution is 0.919. The SMILES string of the molecule is CCCc1ccnc(Nc2ccc3cc4ccccc4cc3c2)c1. The molecule has 0 bridgehead atoms. The number of nitrogens with zero attached hydrogens (tertiary/aromatic N) is 1. The van der Waals surface area contributed by atoms with Crippen LogP contribution in [0.15, 0.2) is 72.9 Å². The maximum atomic E-state index is 4.44. The summed E-state index contributed by atoms with van der Waals surface area (Å²) in [5, 5.41) is 8.47. The molecule has 1 N–H and O–H groups in total. The molecule has 1 aromatic heterocycles. The van der Waals surface area contributed by atoms with Crippen molar-refractivity contribution in [2.45, 2.75) is 19.8 Å². The lowest BCUT2D eigenvalue weighted by Crippen LogP contribution is -1.95. The molecular formula is C22H20N2. The molecular weight excluding hydrogens is 292 g/mol. The Morgan fingerprint density at radius 2 is 1.54 bits per heavy atom. The van der Waals surface area contributed by atoms with Gasteiger partial charge < -0.3 is 5.32 Å². The highest BCUT2D eigenvalue weighted by atomic mass is 15.0. The molecule has 0 aliphatic rings. The van der Waals surface area contributed by atoms with Crippen LogP contribution in [0.1, 0.15) is 18.9 Å². The van der Waals surface area contributed by atoms with Gasteiger partial charge in [-0.2, -0.15) is 0 Å². The van der Waals surface area contributed by atoms with Gasteiger partial charge in [0, 0.05) is 11.9 Å². The summed E-state index contributed by atoms with van der Waals surface area (Å²) >= 11 is 0. The molecule has 24 heavy (non-hydrogen) atoms. The van der Waals surface area contributed by atoms with Gasteiger partial charge in [0.05, 0.1) is 0 Å². The van der Waals surface area contributed by atoms with Gasteiger partial charge in [0.25, 0.3) is 0 Å². The molecule has 1 heterocycles. The van der Waals surface area contributed by atoms with E-state index in [1.54, 1.807) is 0 Å². The van der Waals surface area contributed by atoms with Crippen LogP contribution in [0.2, 0.25) is 0 Å². The summed E-state index contributed by atoms with van der Waals surface area (Å²) in [6, 6.07) is 23.7. The molecule has 0 saturated carbocycles. The van der Waals surface area contributed by atoms with Crippen LogP contribution in [-0.2, 0) is 6.42 Å². The van der Waals surface area contributed by atoms with E-state index in [0.29, 0.717) is 0 Å².